The highest BCUT2D eigenvalue weighted by atomic mass is 16.5. The molecule has 1 aromatic rings. The molecule has 2 aliphatic heterocycles. The van der Waals surface area contributed by atoms with Crippen LogP contribution in [-0.2, 0) is 22.6 Å². The smallest absolute Gasteiger partial charge is 0.222 e. The first-order valence-corrected chi connectivity index (χ1v) is 12.1. The van der Waals surface area contributed by atoms with Crippen LogP contribution >= 0.6 is 0 Å². The van der Waals surface area contributed by atoms with Crippen LogP contribution in [0.25, 0.3) is 0 Å². The van der Waals surface area contributed by atoms with Crippen molar-refractivity contribution < 1.29 is 9.53 Å². The van der Waals surface area contributed by atoms with E-state index in [1.807, 2.05) is 11.9 Å². The zero-order valence-electron chi connectivity index (χ0n) is 19.0. The van der Waals surface area contributed by atoms with Gasteiger partial charge in [-0.2, -0.15) is 0 Å². The number of hydrogen-bond donors (Lipinski definition) is 1. The maximum atomic E-state index is 11.9. The molecule has 1 aliphatic carbocycles. The normalized spacial score (nSPS) is 21.3. The molecule has 0 bridgehead atoms. The van der Waals surface area contributed by atoms with E-state index in [1.165, 1.54) is 36.8 Å². The third-order valence-corrected chi connectivity index (χ3v) is 6.98. The zero-order chi connectivity index (χ0) is 21.5. The van der Waals surface area contributed by atoms with Crippen LogP contribution in [0.4, 0.5) is 0 Å². The van der Waals surface area contributed by atoms with Crippen LogP contribution in [0.1, 0.15) is 62.5 Å². The summed E-state index contributed by atoms with van der Waals surface area (Å²) in [6, 6.07) is 8.54. The van der Waals surface area contributed by atoms with Gasteiger partial charge in [-0.3, -0.25) is 9.79 Å². The lowest BCUT2D eigenvalue weighted by molar-refractivity contribution is -0.128. The minimum absolute atomic E-state index is 0.277. The summed E-state index contributed by atoms with van der Waals surface area (Å²) in [6.07, 6.45) is 9.70. The third-order valence-electron chi connectivity index (χ3n) is 6.98. The molecule has 3 aliphatic rings. The summed E-state index contributed by atoms with van der Waals surface area (Å²) in [7, 11) is 1.86. The van der Waals surface area contributed by atoms with E-state index in [4.69, 9.17) is 4.74 Å². The van der Waals surface area contributed by atoms with Crippen molar-refractivity contribution in [2.24, 2.45) is 10.9 Å². The van der Waals surface area contributed by atoms with Gasteiger partial charge in [-0.15, -0.1) is 0 Å². The average Bonchev–Trinajstić information content (AvgIpc) is 3.46. The molecule has 4 rings (SSSR count). The Morgan fingerprint density at radius 3 is 2.58 bits per heavy atom. The van der Waals surface area contributed by atoms with Gasteiger partial charge in [-0.05, 0) is 49.1 Å². The van der Waals surface area contributed by atoms with Gasteiger partial charge >= 0.3 is 0 Å². The highest BCUT2D eigenvalue weighted by molar-refractivity contribution is 5.80. The largest absolute Gasteiger partial charge is 0.378 e. The fraction of sp³-hybridized carbons (Fsp3) is 0.680. The summed E-state index contributed by atoms with van der Waals surface area (Å²) >= 11 is 0. The van der Waals surface area contributed by atoms with E-state index in [0.29, 0.717) is 12.5 Å². The standard InChI is InChI=1S/C25H38N4O2/c1-26-25(28-14-11-23(12-15-28)31-19-20-6-2-3-7-20)27-17-21-8-4-9-22(16-21)18-29-13-5-10-24(29)30/h4,8-9,16,20,23H,2-3,5-7,10-15,17-19H2,1H3,(H,26,27). The molecule has 0 atom stereocenters. The van der Waals surface area contributed by atoms with Crippen molar-refractivity contribution in [3.05, 3.63) is 35.4 Å². The number of nitrogens with one attached hydrogen (secondary N) is 1. The Morgan fingerprint density at radius 1 is 1.10 bits per heavy atom. The second-order valence-corrected chi connectivity index (χ2v) is 9.31. The van der Waals surface area contributed by atoms with E-state index in [0.717, 1.165) is 70.5 Å². The number of hydrogen-bond acceptors (Lipinski definition) is 3. The Hall–Kier alpha value is -2.08. The van der Waals surface area contributed by atoms with Crippen molar-refractivity contribution in [2.75, 3.05) is 33.3 Å². The summed E-state index contributed by atoms with van der Waals surface area (Å²) < 4.78 is 6.22. The maximum Gasteiger partial charge on any atom is 0.222 e. The molecule has 0 aromatic heterocycles. The summed E-state index contributed by atoms with van der Waals surface area (Å²) in [5.74, 6) is 2.04. The number of carbonyl (C=O) groups is 1. The van der Waals surface area contributed by atoms with Crippen molar-refractivity contribution in [1.29, 1.82) is 0 Å². The van der Waals surface area contributed by atoms with Gasteiger partial charge < -0.3 is 19.9 Å². The second kappa shape index (κ2) is 11.0. The molecule has 1 N–H and O–H groups in total. The summed E-state index contributed by atoms with van der Waals surface area (Å²) in [5.41, 5.74) is 2.42. The second-order valence-electron chi connectivity index (χ2n) is 9.31. The number of guanidine groups is 1. The first-order chi connectivity index (χ1) is 15.2. The van der Waals surface area contributed by atoms with E-state index in [9.17, 15) is 4.79 Å². The molecule has 31 heavy (non-hydrogen) atoms. The molecule has 3 fully saturated rings. The SMILES string of the molecule is CN=C(NCc1cccc(CN2CCCC2=O)c1)N1CCC(OCC2CCCC2)CC1. The maximum absolute atomic E-state index is 11.9. The van der Waals surface area contributed by atoms with Gasteiger partial charge in [0.15, 0.2) is 5.96 Å². The highest BCUT2D eigenvalue weighted by Gasteiger charge is 2.24. The predicted molar refractivity (Wildman–Crippen MR) is 124 cm³/mol. The molecule has 0 radical (unpaired) electrons. The lowest BCUT2D eigenvalue weighted by Crippen LogP contribution is -2.46. The van der Waals surface area contributed by atoms with Crippen LogP contribution < -0.4 is 5.32 Å². The van der Waals surface area contributed by atoms with Crippen molar-refractivity contribution in [3.63, 3.8) is 0 Å². The fourth-order valence-electron chi connectivity index (χ4n) is 5.13. The number of piperidine rings is 1. The molecule has 6 heteroatoms. The van der Waals surface area contributed by atoms with Gasteiger partial charge in [0, 0.05) is 52.8 Å². The van der Waals surface area contributed by atoms with Gasteiger partial charge in [0.25, 0.3) is 0 Å². The number of nitrogens with zero attached hydrogens (tertiary/aromatic N) is 3. The van der Waals surface area contributed by atoms with E-state index in [1.54, 1.807) is 0 Å². The van der Waals surface area contributed by atoms with Crippen molar-refractivity contribution in [2.45, 2.75) is 70.6 Å². The van der Waals surface area contributed by atoms with Gasteiger partial charge in [0.1, 0.15) is 0 Å². The number of aliphatic imine (C=N–C) groups is 1. The summed E-state index contributed by atoms with van der Waals surface area (Å²) in [6.45, 7) is 5.28. The Labute approximate surface area is 187 Å². The number of likely N-dealkylation sites (tertiary alicyclic amines) is 2. The fourth-order valence-corrected chi connectivity index (χ4v) is 5.13. The Bertz CT molecular complexity index is 752. The van der Waals surface area contributed by atoms with Crippen molar-refractivity contribution in [3.8, 4) is 0 Å². The van der Waals surface area contributed by atoms with Gasteiger partial charge in [0.05, 0.1) is 6.10 Å². The molecule has 2 saturated heterocycles. The topological polar surface area (TPSA) is 57.2 Å². The number of amides is 1. The van der Waals surface area contributed by atoms with Crippen LogP contribution in [0, 0.1) is 5.92 Å². The average molecular weight is 427 g/mol. The zero-order valence-corrected chi connectivity index (χ0v) is 19.0. The number of ether oxygens (including phenoxy) is 1. The molecule has 6 nitrogen and oxygen atoms in total. The molecular weight excluding hydrogens is 388 g/mol. The molecular formula is C25H38N4O2. The van der Waals surface area contributed by atoms with Crippen molar-refractivity contribution in [1.82, 2.24) is 15.1 Å². The minimum atomic E-state index is 0.277. The van der Waals surface area contributed by atoms with Gasteiger partial charge in [-0.1, -0.05) is 37.1 Å². The van der Waals surface area contributed by atoms with Crippen molar-refractivity contribution >= 4 is 11.9 Å². The van der Waals surface area contributed by atoms with E-state index < -0.39 is 0 Å². The molecule has 1 amide bonds. The highest BCUT2D eigenvalue weighted by Crippen LogP contribution is 2.26. The lowest BCUT2D eigenvalue weighted by atomic mass is 10.1. The first-order valence-electron chi connectivity index (χ1n) is 12.1. The first kappa shape index (κ1) is 22.1. The Morgan fingerprint density at radius 2 is 1.87 bits per heavy atom. The van der Waals surface area contributed by atoms with Gasteiger partial charge in [-0.25, -0.2) is 0 Å². The minimum Gasteiger partial charge on any atom is -0.378 e. The third kappa shape index (κ3) is 6.22. The van der Waals surface area contributed by atoms with Gasteiger partial charge in [0.2, 0.25) is 5.91 Å². The Kier molecular flexibility index (Phi) is 7.84. The van der Waals surface area contributed by atoms with Crippen LogP contribution in [0.5, 0.6) is 0 Å². The molecule has 0 spiro atoms. The van der Waals surface area contributed by atoms with E-state index in [-0.39, 0.29) is 5.91 Å². The van der Waals surface area contributed by atoms with E-state index in [2.05, 4.69) is 39.5 Å². The number of carbonyl (C=O) groups excluding carboxylic acids is 1. The molecule has 1 aromatic carbocycles. The predicted octanol–water partition coefficient (Wildman–Crippen LogP) is 3.56. The Balaban J connectivity index is 1.21. The van der Waals surface area contributed by atoms with Crippen LogP contribution in [-0.4, -0.2) is 61.1 Å². The molecule has 1 saturated carbocycles. The van der Waals surface area contributed by atoms with Crippen LogP contribution in [0.3, 0.4) is 0 Å². The quantitative estimate of drug-likeness (QED) is 0.535. The summed E-state index contributed by atoms with van der Waals surface area (Å²) in [5, 5.41) is 3.53. The number of benzene rings is 1. The van der Waals surface area contributed by atoms with E-state index >= 15 is 0 Å². The monoisotopic (exact) mass is 426 g/mol. The molecule has 170 valence electrons. The van der Waals surface area contributed by atoms with Crippen LogP contribution in [0.15, 0.2) is 29.3 Å². The summed E-state index contributed by atoms with van der Waals surface area (Å²) in [4.78, 5) is 20.7. The van der Waals surface area contributed by atoms with Crippen LogP contribution in [0.2, 0.25) is 0 Å². The number of rotatable bonds is 7. The lowest BCUT2D eigenvalue weighted by Gasteiger charge is -2.34. The molecule has 2 heterocycles. The molecule has 0 unspecified atom stereocenters.